The summed E-state index contributed by atoms with van der Waals surface area (Å²) in [4.78, 5) is 24.4. The number of hydrogen-bond acceptors (Lipinski definition) is 6. The van der Waals surface area contributed by atoms with Gasteiger partial charge in [-0.15, -0.1) is 0 Å². The van der Waals surface area contributed by atoms with Crippen molar-refractivity contribution in [2.45, 2.75) is 0 Å². The molecule has 0 bridgehead atoms. The van der Waals surface area contributed by atoms with E-state index < -0.39 is 0 Å². The van der Waals surface area contributed by atoms with Crippen LogP contribution >= 0.6 is 11.6 Å². The number of carbonyl (C=O) groups excluding carboxylic acids is 2. The molecule has 3 aromatic carbocycles. The third-order valence-electron chi connectivity index (χ3n) is 4.39. The molecule has 33 heavy (non-hydrogen) atoms. The van der Waals surface area contributed by atoms with Crippen LogP contribution in [0.15, 0.2) is 71.8 Å². The van der Waals surface area contributed by atoms with Gasteiger partial charge in [0.25, 0.3) is 11.8 Å². The highest BCUT2D eigenvalue weighted by Gasteiger charge is 2.11. The monoisotopic (exact) mass is 467 g/mol. The van der Waals surface area contributed by atoms with Gasteiger partial charge in [0.05, 0.1) is 26.1 Å². The molecule has 0 spiro atoms. The minimum atomic E-state index is -0.387. The number of para-hydroxylation sites is 2. The molecule has 0 heterocycles. The fraction of sp³-hybridized carbons (Fsp3) is 0.125. The van der Waals surface area contributed by atoms with Crippen molar-refractivity contribution in [3.63, 3.8) is 0 Å². The van der Waals surface area contributed by atoms with Crippen LogP contribution in [0.2, 0.25) is 5.02 Å². The highest BCUT2D eigenvalue weighted by molar-refractivity contribution is 6.30. The van der Waals surface area contributed by atoms with Crippen molar-refractivity contribution in [1.29, 1.82) is 0 Å². The van der Waals surface area contributed by atoms with Crippen LogP contribution < -0.4 is 25.0 Å². The Morgan fingerprint density at radius 3 is 2.48 bits per heavy atom. The Labute approximate surface area is 196 Å². The minimum Gasteiger partial charge on any atom is -0.495 e. The van der Waals surface area contributed by atoms with Gasteiger partial charge >= 0.3 is 0 Å². The van der Waals surface area contributed by atoms with E-state index in [4.69, 9.17) is 25.8 Å². The molecule has 8 nitrogen and oxygen atoms in total. The van der Waals surface area contributed by atoms with Crippen molar-refractivity contribution >= 4 is 35.3 Å². The lowest BCUT2D eigenvalue weighted by atomic mass is 10.2. The highest BCUT2D eigenvalue weighted by atomic mass is 35.5. The lowest BCUT2D eigenvalue weighted by molar-refractivity contribution is -0.118. The zero-order chi connectivity index (χ0) is 23.6. The second-order valence-electron chi connectivity index (χ2n) is 6.66. The van der Waals surface area contributed by atoms with Crippen LogP contribution in [0, 0.1) is 0 Å². The number of amides is 2. The van der Waals surface area contributed by atoms with E-state index in [1.54, 1.807) is 60.7 Å². The maximum absolute atomic E-state index is 12.3. The number of hydrazone groups is 1. The number of benzene rings is 3. The fourth-order valence-electron chi connectivity index (χ4n) is 2.82. The molecule has 0 fully saturated rings. The Balaban J connectivity index is 1.58. The highest BCUT2D eigenvalue weighted by Crippen LogP contribution is 2.28. The Morgan fingerprint density at radius 2 is 1.73 bits per heavy atom. The zero-order valence-corrected chi connectivity index (χ0v) is 18.8. The molecule has 0 aliphatic rings. The third-order valence-corrected chi connectivity index (χ3v) is 4.63. The summed E-state index contributed by atoms with van der Waals surface area (Å²) in [5, 5.41) is 7.15. The van der Waals surface area contributed by atoms with Crippen LogP contribution in [-0.4, -0.2) is 38.9 Å². The molecular weight excluding hydrogens is 446 g/mol. The van der Waals surface area contributed by atoms with Gasteiger partial charge in [-0.3, -0.25) is 9.59 Å². The van der Waals surface area contributed by atoms with Gasteiger partial charge in [0.1, 0.15) is 5.75 Å². The molecule has 0 atom stereocenters. The average molecular weight is 468 g/mol. The van der Waals surface area contributed by atoms with Crippen LogP contribution in [0.4, 0.5) is 5.69 Å². The second kappa shape index (κ2) is 11.5. The molecule has 0 radical (unpaired) electrons. The van der Waals surface area contributed by atoms with E-state index in [2.05, 4.69) is 15.8 Å². The van der Waals surface area contributed by atoms with E-state index in [0.29, 0.717) is 39.1 Å². The molecule has 0 aliphatic carbocycles. The normalized spacial score (nSPS) is 10.5. The summed E-state index contributed by atoms with van der Waals surface area (Å²) in [5.74, 6) is 0.602. The van der Waals surface area contributed by atoms with Gasteiger partial charge in [-0.05, 0) is 54.1 Å². The molecule has 3 aromatic rings. The van der Waals surface area contributed by atoms with E-state index in [1.165, 1.54) is 20.4 Å². The van der Waals surface area contributed by atoms with Gasteiger partial charge in [-0.2, -0.15) is 5.10 Å². The summed E-state index contributed by atoms with van der Waals surface area (Å²) in [6, 6.07) is 18.7. The Morgan fingerprint density at radius 1 is 0.939 bits per heavy atom. The number of ether oxygens (including phenoxy) is 3. The number of nitrogens with zero attached hydrogens (tertiary/aromatic N) is 1. The first-order chi connectivity index (χ1) is 16.0. The maximum atomic E-state index is 12.3. The third kappa shape index (κ3) is 6.72. The number of methoxy groups -OCH3 is 2. The Kier molecular flexibility index (Phi) is 8.26. The SMILES string of the molecule is COc1ccccc1NC(=O)COc1ccc(/C=N/NC(=O)c2cccc(Cl)c2)cc1OC. The molecule has 0 saturated heterocycles. The largest absolute Gasteiger partial charge is 0.495 e. The van der Waals surface area contributed by atoms with E-state index in [-0.39, 0.29) is 18.4 Å². The van der Waals surface area contributed by atoms with Gasteiger partial charge in [-0.25, -0.2) is 5.43 Å². The van der Waals surface area contributed by atoms with Gasteiger partial charge in [-0.1, -0.05) is 29.8 Å². The zero-order valence-electron chi connectivity index (χ0n) is 18.0. The van der Waals surface area contributed by atoms with Crippen LogP contribution in [0.1, 0.15) is 15.9 Å². The van der Waals surface area contributed by atoms with Gasteiger partial charge < -0.3 is 19.5 Å². The number of rotatable bonds is 9. The molecular formula is C24H22ClN3O5. The molecule has 0 saturated carbocycles. The summed E-state index contributed by atoms with van der Waals surface area (Å²) in [6.07, 6.45) is 1.46. The molecule has 9 heteroatoms. The van der Waals surface area contributed by atoms with Crippen molar-refractivity contribution in [2.75, 3.05) is 26.1 Å². The molecule has 0 unspecified atom stereocenters. The van der Waals surface area contributed by atoms with Crippen LogP contribution in [-0.2, 0) is 4.79 Å². The summed E-state index contributed by atoms with van der Waals surface area (Å²) in [7, 11) is 3.01. The lowest BCUT2D eigenvalue weighted by Gasteiger charge is -2.12. The van der Waals surface area contributed by atoms with Crippen molar-refractivity contribution < 1.29 is 23.8 Å². The summed E-state index contributed by atoms with van der Waals surface area (Å²) < 4.78 is 16.2. The van der Waals surface area contributed by atoms with E-state index in [0.717, 1.165) is 0 Å². The first-order valence-electron chi connectivity index (χ1n) is 9.83. The standard InChI is InChI=1S/C24H22ClN3O5/c1-31-20-9-4-3-8-19(20)27-23(29)15-33-21-11-10-16(12-22(21)32-2)14-26-28-24(30)17-6-5-7-18(25)13-17/h3-14H,15H2,1-2H3,(H,27,29)(H,28,30)/b26-14+. The van der Waals surface area contributed by atoms with Gasteiger partial charge in [0.15, 0.2) is 18.1 Å². The molecule has 3 rings (SSSR count). The molecule has 2 N–H and O–H groups in total. The maximum Gasteiger partial charge on any atom is 0.271 e. The van der Waals surface area contributed by atoms with Gasteiger partial charge in [0.2, 0.25) is 0 Å². The van der Waals surface area contributed by atoms with Crippen LogP contribution in [0.5, 0.6) is 17.2 Å². The smallest absolute Gasteiger partial charge is 0.271 e. The lowest BCUT2D eigenvalue weighted by Crippen LogP contribution is -2.20. The second-order valence-corrected chi connectivity index (χ2v) is 7.09. The minimum absolute atomic E-state index is 0.225. The van der Waals surface area contributed by atoms with Crippen LogP contribution in [0.25, 0.3) is 0 Å². The van der Waals surface area contributed by atoms with Crippen molar-refractivity contribution in [2.24, 2.45) is 5.10 Å². The summed E-state index contributed by atoms with van der Waals surface area (Å²) in [5.41, 5.74) is 4.04. The van der Waals surface area contributed by atoms with E-state index in [1.807, 2.05) is 6.07 Å². The predicted molar refractivity (Wildman–Crippen MR) is 127 cm³/mol. The first-order valence-corrected chi connectivity index (χ1v) is 10.2. The van der Waals surface area contributed by atoms with Crippen molar-refractivity contribution in [3.8, 4) is 17.2 Å². The van der Waals surface area contributed by atoms with E-state index in [9.17, 15) is 9.59 Å². The first kappa shape index (κ1) is 23.6. The molecule has 0 aromatic heterocycles. The summed E-state index contributed by atoms with van der Waals surface area (Å²) >= 11 is 5.89. The number of hydrogen-bond donors (Lipinski definition) is 2. The van der Waals surface area contributed by atoms with Crippen LogP contribution in [0.3, 0.4) is 0 Å². The Bertz CT molecular complexity index is 1170. The fourth-order valence-corrected chi connectivity index (χ4v) is 3.01. The van der Waals surface area contributed by atoms with Crippen molar-refractivity contribution in [3.05, 3.63) is 82.9 Å². The average Bonchev–Trinajstić information content (AvgIpc) is 2.83. The van der Waals surface area contributed by atoms with Gasteiger partial charge in [0, 0.05) is 10.6 Å². The summed E-state index contributed by atoms with van der Waals surface area (Å²) in [6.45, 7) is -0.225. The number of anilines is 1. The molecule has 0 aliphatic heterocycles. The number of nitrogens with one attached hydrogen (secondary N) is 2. The number of halogens is 1. The molecule has 170 valence electrons. The quantitative estimate of drug-likeness (QED) is 0.364. The number of carbonyl (C=O) groups is 2. The Hall–Kier alpha value is -4.04. The molecule has 2 amide bonds. The topological polar surface area (TPSA) is 98.3 Å². The van der Waals surface area contributed by atoms with Crippen molar-refractivity contribution in [1.82, 2.24) is 5.43 Å². The van der Waals surface area contributed by atoms with E-state index >= 15 is 0 Å². The predicted octanol–water partition coefficient (Wildman–Crippen LogP) is 4.14.